The minimum absolute atomic E-state index is 0.172. The largest absolute Gasteiger partial charge is 0.462 e. The third kappa shape index (κ3) is 21.3. The Morgan fingerprint density at radius 1 is 0.483 bits per heavy atom. The lowest BCUT2D eigenvalue weighted by Gasteiger charge is -2.42. The van der Waals surface area contributed by atoms with E-state index in [1.807, 2.05) is 0 Å². The number of aliphatic hydroxyl groups is 7. The van der Waals surface area contributed by atoms with E-state index in [2.05, 4.69) is 13.8 Å². The van der Waals surface area contributed by atoms with E-state index in [4.69, 9.17) is 28.4 Å². The van der Waals surface area contributed by atoms with Crippen LogP contribution in [0.1, 0.15) is 168 Å². The van der Waals surface area contributed by atoms with E-state index in [1.54, 1.807) is 0 Å². The van der Waals surface area contributed by atoms with Crippen molar-refractivity contribution < 1.29 is 73.8 Å². The average molecular weight is 837 g/mol. The molecule has 2 aliphatic heterocycles. The van der Waals surface area contributed by atoms with E-state index in [1.165, 1.54) is 83.5 Å². The Morgan fingerprint density at radius 3 is 1.34 bits per heavy atom. The highest BCUT2D eigenvalue weighted by molar-refractivity contribution is 5.70. The minimum atomic E-state index is -1.76. The van der Waals surface area contributed by atoms with Crippen LogP contribution in [-0.4, -0.2) is 142 Å². The zero-order valence-corrected chi connectivity index (χ0v) is 35.5. The maximum atomic E-state index is 12.9. The summed E-state index contributed by atoms with van der Waals surface area (Å²) in [6.07, 6.45) is 9.18. The summed E-state index contributed by atoms with van der Waals surface area (Å²) < 4.78 is 33.3. The van der Waals surface area contributed by atoms with Crippen LogP contribution in [0.2, 0.25) is 0 Å². The quantitative estimate of drug-likeness (QED) is 0.0350. The summed E-state index contributed by atoms with van der Waals surface area (Å²) in [5.41, 5.74) is 0. The number of carbonyl (C=O) groups excluding carboxylic acids is 2. The van der Waals surface area contributed by atoms with Crippen molar-refractivity contribution in [1.82, 2.24) is 0 Å². The Bertz CT molecular complexity index is 1030. The molecule has 2 saturated heterocycles. The van der Waals surface area contributed by atoms with Crippen molar-refractivity contribution in [2.75, 3.05) is 26.4 Å². The van der Waals surface area contributed by atoms with Crippen LogP contribution >= 0.6 is 0 Å². The molecule has 0 aliphatic carbocycles. The summed E-state index contributed by atoms with van der Waals surface area (Å²) in [4.78, 5) is 25.4. The Balaban J connectivity index is 1.78. The molecule has 0 bridgehead atoms. The van der Waals surface area contributed by atoms with Gasteiger partial charge in [-0.2, -0.15) is 0 Å². The fraction of sp³-hybridized carbons (Fsp3) is 0.953. The lowest BCUT2D eigenvalue weighted by Crippen LogP contribution is -2.61. The highest BCUT2D eigenvalue weighted by Crippen LogP contribution is 2.26. The van der Waals surface area contributed by atoms with Crippen LogP contribution in [-0.2, 0) is 38.0 Å². The lowest BCUT2D eigenvalue weighted by atomic mass is 9.98. The second kappa shape index (κ2) is 32.2. The normalized spacial score (nSPS) is 28.0. The molecular formula is C43H80O15. The molecule has 0 radical (unpaired) electrons. The van der Waals surface area contributed by atoms with Crippen LogP contribution in [0.25, 0.3) is 0 Å². The first kappa shape index (κ1) is 52.6. The van der Waals surface area contributed by atoms with Crippen LogP contribution in [0.15, 0.2) is 0 Å². The second-order valence-electron chi connectivity index (χ2n) is 16.2. The number of hydrogen-bond acceptors (Lipinski definition) is 15. The van der Waals surface area contributed by atoms with Gasteiger partial charge in [-0.1, -0.05) is 142 Å². The van der Waals surface area contributed by atoms with Gasteiger partial charge in [0, 0.05) is 12.8 Å². The van der Waals surface area contributed by atoms with Crippen LogP contribution in [0.4, 0.5) is 0 Å². The molecule has 0 saturated carbocycles. The van der Waals surface area contributed by atoms with E-state index >= 15 is 0 Å². The van der Waals surface area contributed by atoms with Gasteiger partial charge in [-0.15, -0.1) is 0 Å². The van der Waals surface area contributed by atoms with Gasteiger partial charge in [0.2, 0.25) is 0 Å². The summed E-state index contributed by atoms with van der Waals surface area (Å²) in [7, 11) is 0. The number of rotatable bonds is 34. The molecule has 2 heterocycles. The van der Waals surface area contributed by atoms with E-state index < -0.39 is 92.7 Å². The van der Waals surface area contributed by atoms with Crippen LogP contribution in [0, 0.1) is 0 Å². The zero-order chi connectivity index (χ0) is 42.5. The first-order valence-corrected chi connectivity index (χ1v) is 22.6. The summed E-state index contributed by atoms with van der Waals surface area (Å²) in [6.45, 7) is 2.49. The molecule has 15 nitrogen and oxygen atoms in total. The molecule has 11 unspecified atom stereocenters. The van der Waals surface area contributed by atoms with Crippen LogP contribution in [0.5, 0.6) is 0 Å². The Morgan fingerprint density at radius 2 is 0.879 bits per heavy atom. The van der Waals surface area contributed by atoms with Crippen LogP contribution in [0.3, 0.4) is 0 Å². The molecule has 2 rings (SSSR count). The molecule has 0 spiro atoms. The van der Waals surface area contributed by atoms with Gasteiger partial charge in [-0.3, -0.25) is 9.59 Å². The van der Waals surface area contributed by atoms with Crippen molar-refractivity contribution in [1.29, 1.82) is 0 Å². The van der Waals surface area contributed by atoms with Gasteiger partial charge in [-0.05, 0) is 12.8 Å². The van der Waals surface area contributed by atoms with Gasteiger partial charge in [0.05, 0.1) is 19.8 Å². The van der Waals surface area contributed by atoms with Crippen molar-refractivity contribution in [2.45, 2.75) is 235 Å². The Kier molecular flexibility index (Phi) is 29.3. The van der Waals surface area contributed by atoms with Crippen molar-refractivity contribution in [3.63, 3.8) is 0 Å². The highest BCUT2D eigenvalue weighted by Gasteiger charge is 2.47. The molecular weight excluding hydrogens is 756 g/mol. The van der Waals surface area contributed by atoms with Crippen molar-refractivity contribution in [3.05, 3.63) is 0 Å². The highest BCUT2D eigenvalue weighted by atomic mass is 16.7. The van der Waals surface area contributed by atoms with Gasteiger partial charge < -0.3 is 64.2 Å². The topological polar surface area (TPSA) is 231 Å². The molecule has 2 fully saturated rings. The molecule has 0 aromatic heterocycles. The smallest absolute Gasteiger partial charge is 0.306 e. The van der Waals surface area contributed by atoms with Gasteiger partial charge in [0.1, 0.15) is 55.4 Å². The van der Waals surface area contributed by atoms with Gasteiger partial charge in [0.25, 0.3) is 0 Å². The van der Waals surface area contributed by atoms with Crippen LogP contribution < -0.4 is 0 Å². The zero-order valence-electron chi connectivity index (χ0n) is 35.5. The number of carbonyl (C=O) groups is 2. The minimum Gasteiger partial charge on any atom is -0.462 e. The molecule has 0 aromatic carbocycles. The molecule has 58 heavy (non-hydrogen) atoms. The molecule has 0 amide bonds. The van der Waals surface area contributed by atoms with Crippen molar-refractivity contribution in [2.24, 2.45) is 0 Å². The molecule has 2 aliphatic rings. The second-order valence-corrected chi connectivity index (χ2v) is 16.2. The monoisotopic (exact) mass is 837 g/mol. The lowest BCUT2D eigenvalue weighted by molar-refractivity contribution is -0.332. The number of aliphatic hydroxyl groups excluding tert-OH is 7. The number of unbranched alkanes of at least 4 members (excludes halogenated alkanes) is 20. The predicted octanol–water partition coefficient (Wildman–Crippen LogP) is 4.48. The first-order chi connectivity index (χ1) is 28.0. The fourth-order valence-corrected chi connectivity index (χ4v) is 7.28. The van der Waals surface area contributed by atoms with E-state index in [0.29, 0.717) is 12.8 Å². The molecule has 11 atom stereocenters. The Hall–Kier alpha value is -1.50. The maximum Gasteiger partial charge on any atom is 0.306 e. The first-order valence-electron chi connectivity index (χ1n) is 22.6. The predicted molar refractivity (Wildman–Crippen MR) is 215 cm³/mol. The number of esters is 2. The van der Waals surface area contributed by atoms with E-state index in [-0.39, 0.29) is 26.1 Å². The van der Waals surface area contributed by atoms with Crippen molar-refractivity contribution in [3.8, 4) is 0 Å². The number of ether oxygens (including phenoxy) is 6. The van der Waals surface area contributed by atoms with Crippen molar-refractivity contribution >= 4 is 11.9 Å². The SMILES string of the molecule is CCCCCCCCCCCCCCCCCCCC(=O)OC(COC(=O)CCCCCCC)COC1OC(COC2OC(CO)C(O)C(O)C2O)C(O)C(O)C1O. The molecule has 7 N–H and O–H groups in total. The summed E-state index contributed by atoms with van der Waals surface area (Å²) in [5, 5.41) is 71.6. The molecule has 15 heteroatoms. The average Bonchev–Trinajstić information content (AvgIpc) is 3.21. The van der Waals surface area contributed by atoms with Gasteiger partial charge >= 0.3 is 11.9 Å². The van der Waals surface area contributed by atoms with E-state index in [9.17, 15) is 45.3 Å². The number of hydrogen-bond donors (Lipinski definition) is 7. The van der Waals surface area contributed by atoms with E-state index in [0.717, 1.165) is 44.9 Å². The summed E-state index contributed by atoms with van der Waals surface area (Å²) in [6, 6.07) is 0. The summed E-state index contributed by atoms with van der Waals surface area (Å²) in [5.74, 6) is -0.930. The third-order valence-corrected chi connectivity index (χ3v) is 11.1. The summed E-state index contributed by atoms with van der Waals surface area (Å²) >= 11 is 0. The van der Waals surface area contributed by atoms with Gasteiger partial charge in [-0.25, -0.2) is 0 Å². The standard InChI is InChI=1S/C43H80O15/c1-3-5-7-9-10-11-12-13-14-15-16-17-18-19-20-22-24-26-35(46)56-31(28-53-34(45)25-23-21-8-6-4-2)29-54-42-41(52)39(50)37(48)33(58-42)30-55-43-40(51)38(49)36(47)32(27-44)57-43/h31-33,36-44,47-52H,3-30H2,1-2H3. The third-order valence-electron chi connectivity index (χ3n) is 11.1. The maximum absolute atomic E-state index is 12.9. The Labute approximate surface area is 347 Å². The van der Waals surface area contributed by atoms with Gasteiger partial charge in [0.15, 0.2) is 18.7 Å². The molecule has 342 valence electrons. The molecule has 0 aromatic rings. The fourth-order valence-electron chi connectivity index (χ4n) is 7.28.